The van der Waals surface area contributed by atoms with E-state index < -0.39 is 0 Å². The predicted octanol–water partition coefficient (Wildman–Crippen LogP) is 3.07. The molecule has 5 heteroatoms. The summed E-state index contributed by atoms with van der Waals surface area (Å²) in [5, 5.41) is 21.5. The second kappa shape index (κ2) is 6.85. The number of hydrogen-bond donors (Lipinski definition) is 3. The monoisotopic (exact) mass is 301 g/mol. The van der Waals surface area contributed by atoms with Crippen LogP contribution in [0.1, 0.15) is 19.4 Å². The molecular weight excluding hydrogens is 282 g/mol. The predicted molar refractivity (Wildman–Crippen MR) is 84.3 cm³/mol. The summed E-state index contributed by atoms with van der Waals surface area (Å²) >= 11 is 0. The maximum absolute atomic E-state index is 12.1. The number of nitrogens with one attached hydrogen (secondary N) is 1. The molecule has 0 spiro atoms. The molecule has 0 saturated heterocycles. The zero-order valence-corrected chi connectivity index (χ0v) is 12.5. The Morgan fingerprint density at radius 2 is 1.86 bits per heavy atom. The fourth-order valence-electron chi connectivity index (χ4n) is 1.99. The van der Waals surface area contributed by atoms with Gasteiger partial charge in [0.1, 0.15) is 5.75 Å². The van der Waals surface area contributed by atoms with Crippen molar-refractivity contribution in [1.29, 1.82) is 0 Å². The van der Waals surface area contributed by atoms with Crippen molar-refractivity contribution in [2.24, 2.45) is 0 Å². The van der Waals surface area contributed by atoms with Crippen molar-refractivity contribution >= 4 is 11.6 Å². The second-order valence-corrected chi connectivity index (χ2v) is 5.21. The van der Waals surface area contributed by atoms with Gasteiger partial charge in [-0.3, -0.25) is 4.79 Å². The quantitative estimate of drug-likeness (QED) is 0.742. The topological polar surface area (TPSA) is 78.8 Å². The summed E-state index contributed by atoms with van der Waals surface area (Å²) in [5.74, 6) is -0.0713. The molecule has 22 heavy (non-hydrogen) atoms. The summed E-state index contributed by atoms with van der Waals surface area (Å²) in [4.78, 5) is 12.1. The minimum absolute atomic E-state index is 0.00657. The Bertz CT molecular complexity index is 667. The fourth-order valence-corrected chi connectivity index (χ4v) is 1.99. The highest BCUT2D eigenvalue weighted by Crippen LogP contribution is 2.27. The van der Waals surface area contributed by atoms with Crippen LogP contribution in [0.25, 0.3) is 0 Å². The van der Waals surface area contributed by atoms with E-state index in [2.05, 4.69) is 5.32 Å². The first-order valence-corrected chi connectivity index (χ1v) is 7.02. The van der Waals surface area contributed by atoms with Crippen LogP contribution in [0.5, 0.6) is 17.2 Å². The van der Waals surface area contributed by atoms with Gasteiger partial charge in [0.2, 0.25) is 5.91 Å². The number of para-hydroxylation sites is 2. The molecule has 0 aliphatic heterocycles. The van der Waals surface area contributed by atoms with Crippen molar-refractivity contribution in [3.63, 3.8) is 0 Å². The fraction of sp³-hybridized carbons (Fsp3) is 0.235. The molecule has 0 saturated carbocycles. The molecule has 0 aromatic heterocycles. The van der Waals surface area contributed by atoms with Gasteiger partial charge in [0.25, 0.3) is 0 Å². The molecular formula is C17H19NO4. The molecule has 1 amide bonds. The van der Waals surface area contributed by atoms with Crippen LogP contribution in [0.2, 0.25) is 0 Å². The molecule has 0 bridgehead atoms. The number of rotatable bonds is 5. The number of carbonyl (C=O) groups excluding carboxylic acids is 1. The number of amides is 1. The number of phenolic OH excluding ortho intramolecular Hbond substituents is 2. The first-order valence-electron chi connectivity index (χ1n) is 7.02. The third-order valence-electron chi connectivity index (χ3n) is 2.93. The van der Waals surface area contributed by atoms with Crippen LogP contribution in [0, 0.1) is 0 Å². The smallest absolute Gasteiger partial charge is 0.228 e. The van der Waals surface area contributed by atoms with E-state index in [1.54, 1.807) is 18.2 Å². The molecule has 0 aliphatic carbocycles. The number of hydrogen-bond acceptors (Lipinski definition) is 4. The zero-order valence-electron chi connectivity index (χ0n) is 12.5. The molecule has 0 radical (unpaired) electrons. The summed E-state index contributed by atoms with van der Waals surface area (Å²) in [6.07, 6.45) is 0.0937. The summed E-state index contributed by atoms with van der Waals surface area (Å²) in [7, 11) is 0. The highest BCUT2D eigenvalue weighted by atomic mass is 16.5. The highest BCUT2D eigenvalue weighted by Gasteiger charge is 2.10. The van der Waals surface area contributed by atoms with Gasteiger partial charge in [-0.05, 0) is 43.7 Å². The molecule has 0 heterocycles. The maximum atomic E-state index is 12.1. The molecule has 116 valence electrons. The lowest BCUT2D eigenvalue weighted by Gasteiger charge is -2.14. The van der Waals surface area contributed by atoms with Crippen LogP contribution in [0.15, 0.2) is 42.5 Å². The molecule has 5 nitrogen and oxygen atoms in total. The second-order valence-electron chi connectivity index (χ2n) is 5.21. The average Bonchev–Trinajstić information content (AvgIpc) is 2.44. The average molecular weight is 301 g/mol. The maximum Gasteiger partial charge on any atom is 0.228 e. The van der Waals surface area contributed by atoms with Gasteiger partial charge < -0.3 is 20.3 Å². The van der Waals surface area contributed by atoms with Gasteiger partial charge in [0, 0.05) is 0 Å². The summed E-state index contributed by atoms with van der Waals surface area (Å²) in [5.41, 5.74) is 1.21. The van der Waals surface area contributed by atoms with E-state index in [1.807, 2.05) is 26.0 Å². The van der Waals surface area contributed by atoms with Crippen LogP contribution >= 0.6 is 0 Å². The first-order chi connectivity index (χ1) is 10.5. The van der Waals surface area contributed by atoms with Gasteiger partial charge in [0.05, 0.1) is 18.2 Å². The van der Waals surface area contributed by atoms with E-state index in [-0.39, 0.29) is 29.9 Å². The molecule has 0 aliphatic rings. The van der Waals surface area contributed by atoms with Crippen molar-refractivity contribution in [3.05, 3.63) is 48.0 Å². The molecule has 3 N–H and O–H groups in total. The third kappa shape index (κ3) is 4.15. The van der Waals surface area contributed by atoms with Crippen LogP contribution < -0.4 is 10.1 Å². The molecule has 2 aromatic rings. The number of ether oxygens (including phenoxy) is 1. The van der Waals surface area contributed by atoms with Crippen molar-refractivity contribution < 1.29 is 19.7 Å². The Morgan fingerprint density at radius 3 is 2.55 bits per heavy atom. The Labute approximate surface area is 129 Å². The minimum atomic E-state index is -0.242. The Hall–Kier alpha value is -2.69. The summed E-state index contributed by atoms with van der Waals surface area (Å²) in [6, 6.07) is 11.5. The largest absolute Gasteiger partial charge is 0.504 e. The van der Waals surface area contributed by atoms with Gasteiger partial charge in [-0.15, -0.1) is 0 Å². The number of anilines is 1. The van der Waals surface area contributed by atoms with Crippen LogP contribution in [-0.2, 0) is 11.2 Å². The number of aromatic hydroxyl groups is 2. The van der Waals surface area contributed by atoms with Gasteiger partial charge >= 0.3 is 0 Å². The number of benzene rings is 2. The van der Waals surface area contributed by atoms with Crippen LogP contribution in [-0.4, -0.2) is 22.2 Å². The zero-order chi connectivity index (χ0) is 16.1. The van der Waals surface area contributed by atoms with Gasteiger partial charge in [0.15, 0.2) is 11.5 Å². The molecule has 2 rings (SSSR count). The van der Waals surface area contributed by atoms with Crippen molar-refractivity contribution in [2.45, 2.75) is 26.4 Å². The van der Waals surface area contributed by atoms with Crippen LogP contribution in [0.4, 0.5) is 5.69 Å². The van der Waals surface area contributed by atoms with Crippen molar-refractivity contribution in [1.82, 2.24) is 0 Å². The summed E-state index contributed by atoms with van der Waals surface area (Å²) < 4.78 is 5.64. The van der Waals surface area contributed by atoms with Gasteiger partial charge in [-0.25, -0.2) is 0 Å². The molecule has 0 fully saturated rings. The lowest BCUT2D eigenvalue weighted by Crippen LogP contribution is -2.16. The van der Waals surface area contributed by atoms with E-state index >= 15 is 0 Å². The minimum Gasteiger partial charge on any atom is -0.504 e. The summed E-state index contributed by atoms with van der Waals surface area (Å²) in [6.45, 7) is 3.83. The van der Waals surface area contributed by atoms with E-state index in [9.17, 15) is 15.0 Å². The first kappa shape index (κ1) is 15.7. The van der Waals surface area contributed by atoms with Crippen molar-refractivity contribution in [3.8, 4) is 17.2 Å². The number of phenols is 2. The van der Waals surface area contributed by atoms with Crippen LogP contribution in [0.3, 0.4) is 0 Å². The normalized spacial score (nSPS) is 10.5. The Morgan fingerprint density at radius 1 is 1.14 bits per heavy atom. The molecule has 0 unspecified atom stereocenters. The van der Waals surface area contributed by atoms with Crippen molar-refractivity contribution in [2.75, 3.05) is 5.32 Å². The highest BCUT2D eigenvalue weighted by molar-refractivity contribution is 5.93. The van der Waals surface area contributed by atoms with E-state index in [4.69, 9.17) is 4.74 Å². The van der Waals surface area contributed by atoms with E-state index in [0.717, 1.165) is 0 Å². The standard InChI is InChI=1S/C17H19NO4/c1-11(2)22-16-6-4-3-5-13(16)18-17(21)10-12-7-8-14(19)15(20)9-12/h3-9,11,19-20H,10H2,1-2H3,(H,18,21). The third-order valence-corrected chi connectivity index (χ3v) is 2.93. The Kier molecular flexibility index (Phi) is 4.88. The SMILES string of the molecule is CC(C)Oc1ccccc1NC(=O)Cc1ccc(O)c(O)c1. The number of carbonyl (C=O) groups is 1. The van der Waals surface area contributed by atoms with Gasteiger partial charge in [-0.2, -0.15) is 0 Å². The lowest BCUT2D eigenvalue weighted by molar-refractivity contribution is -0.115. The van der Waals surface area contributed by atoms with Gasteiger partial charge in [-0.1, -0.05) is 18.2 Å². The lowest BCUT2D eigenvalue weighted by atomic mass is 10.1. The molecule has 0 atom stereocenters. The molecule has 2 aromatic carbocycles. The Balaban J connectivity index is 2.07. The van der Waals surface area contributed by atoms with E-state index in [0.29, 0.717) is 17.0 Å². The van der Waals surface area contributed by atoms with E-state index in [1.165, 1.54) is 12.1 Å².